The van der Waals surface area contributed by atoms with E-state index < -0.39 is 5.97 Å². The van der Waals surface area contributed by atoms with Crippen molar-refractivity contribution < 1.29 is 9.90 Å². The lowest BCUT2D eigenvalue weighted by Crippen LogP contribution is -2.28. The number of carbonyl (C=O) groups is 1. The third-order valence-corrected chi connectivity index (χ3v) is 4.72. The van der Waals surface area contributed by atoms with E-state index in [1.54, 1.807) is 0 Å². The number of anilines is 1. The molecule has 1 aromatic rings. The number of hydrogen-bond donors (Lipinski definition) is 1. The first-order valence-electron chi connectivity index (χ1n) is 7.53. The topological polar surface area (TPSA) is 71.2 Å². The maximum atomic E-state index is 10.8. The van der Waals surface area contributed by atoms with Crippen molar-refractivity contribution in [3.8, 4) is 0 Å². The van der Waals surface area contributed by atoms with Gasteiger partial charge in [-0.3, -0.25) is 9.36 Å². The molecular weight excluding hydrogens is 288 g/mol. The van der Waals surface area contributed by atoms with Crippen molar-refractivity contribution in [3.63, 3.8) is 0 Å². The van der Waals surface area contributed by atoms with Crippen molar-refractivity contribution in [1.82, 2.24) is 14.8 Å². The molecule has 1 fully saturated rings. The molecule has 0 amide bonds. The molecule has 2 heterocycles. The van der Waals surface area contributed by atoms with E-state index in [4.69, 9.17) is 5.11 Å². The normalized spacial score (nSPS) is 19.8. The molecule has 1 N–H and O–H groups in total. The molecule has 0 bridgehead atoms. The molecule has 0 aliphatic carbocycles. The van der Waals surface area contributed by atoms with Gasteiger partial charge in [-0.25, -0.2) is 0 Å². The Morgan fingerprint density at radius 1 is 1.38 bits per heavy atom. The van der Waals surface area contributed by atoms with Crippen LogP contribution in [0.1, 0.15) is 46.1 Å². The van der Waals surface area contributed by atoms with E-state index in [1.807, 2.05) is 0 Å². The molecule has 0 saturated carbocycles. The second kappa shape index (κ2) is 7.15. The molecule has 1 unspecified atom stereocenters. The van der Waals surface area contributed by atoms with Gasteiger partial charge in [-0.1, -0.05) is 18.7 Å². The van der Waals surface area contributed by atoms with E-state index in [0.29, 0.717) is 5.16 Å². The fraction of sp³-hybridized carbons (Fsp3) is 0.786. The molecule has 1 aromatic heterocycles. The van der Waals surface area contributed by atoms with Crippen LogP contribution in [0, 0.1) is 5.92 Å². The molecule has 1 saturated heterocycles. The van der Waals surface area contributed by atoms with Crippen molar-refractivity contribution in [2.75, 3.05) is 23.7 Å². The van der Waals surface area contributed by atoms with Crippen LogP contribution in [0.5, 0.6) is 0 Å². The molecule has 7 heteroatoms. The van der Waals surface area contributed by atoms with Crippen LogP contribution in [0.3, 0.4) is 0 Å². The van der Waals surface area contributed by atoms with Gasteiger partial charge in [0.25, 0.3) is 0 Å². The van der Waals surface area contributed by atoms with Gasteiger partial charge in [-0.15, -0.1) is 10.2 Å². The van der Waals surface area contributed by atoms with Crippen LogP contribution in [0.25, 0.3) is 0 Å². The van der Waals surface area contributed by atoms with Gasteiger partial charge in [0.1, 0.15) is 0 Å². The van der Waals surface area contributed by atoms with E-state index in [9.17, 15) is 4.79 Å². The van der Waals surface area contributed by atoms with Gasteiger partial charge in [0, 0.05) is 19.1 Å². The summed E-state index contributed by atoms with van der Waals surface area (Å²) in [5.41, 5.74) is 0. The second-order valence-corrected chi connectivity index (χ2v) is 6.89. The third kappa shape index (κ3) is 4.12. The molecule has 6 nitrogen and oxygen atoms in total. The molecule has 21 heavy (non-hydrogen) atoms. The lowest BCUT2D eigenvalue weighted by Gasteiger charge is -2.24. The first kappa shape index (κ1) is 16.1. The highest BCUT2D eigenvalue weighted by Gasteiger charge is 2.23. The molecule has 118 valence electrons. The highest BCUT2D eigenvalue weighted by molar-refractivity contribution is 7.99. The summed E-state index contributed by atoms with van der Waals surface area (Å²) < 4.78 is 2.06. The Labute approximate surface area is 129 Å². The Kier molecular flexibility index (Phi) is 5.50. The van der Waals surface area contributed by atoms with Crippen LogP contribution >= 0.6 is 11.8 Å². The monoisotopic (exact) mass is 312 g/mol. The minimum absolute atomic E-state index is 0.0158. The molecule has 2 rings (SSSR count). The van der Waals surface area contributed by atoms with Gasteiger partial charge in [0.05, 0.1) is 5.75 Å². The minimum atomic E-state index is -0.830. The highest BCUT2D eigenvalue weighted by Crippen LogP contribution is 2.28. The van der Waals surface area contributed by atoms with Crippen LogP contribution in [0.4, 0.5) is 5.95 Å². The molecular formula is C14H24N4O2S. The average Bonchev–Trinajstić information content (AvgIpc) is 2.72. The molecule has 0 radical (unpaired) electrons. The van der Waals surface area contributed by atoms with E-state index in [1.165, 1.54) is 31.0 Å². The van der Waals surface area contributed by atoms with Gasteiger partial charge in [0.2, 0.25) is 5.95 Å². The van der Waals surface area contributed by atoms with E-state index in [2.05, 4.69) is 40.4 Å². The van der Waals surface area contributed by atoms with Gasteiger partial charge >= 0.3 is 5.97 Å². The largest absolute Gasteiger partial charge is 0.481 e. The summed E-state index contributed by atoms with van der Waals surface area (Å²) in [6, 6.07) is 0.215. The van der Waals surface area contributed by atoms with E-state index in [0.717, 1.165) is 25.0 Å². The van der Waals surface area contributed by atoms with Gasteiger partial charge in [-0.05, 0) is 39.0 Å². The number of aromatic nitrogens is 3. The Balaban J connectivity index is 2.20. The van der Waals surface area contributed by atoms with Gasteiger partial charge in [0.15, 0.2) is 5.16 Å². The smallest absolute Gasteiger partial charge is 0.313 e. The van der Waals surface area contributed by atoms with Gasteiger partial charge in [-0.2, -0.15) is 0 Å². The number of thioether (sulfide) groups is 1. The number of rotatable bonds is 5. The van der Waals surface area contributed by atoms with E-state index in [-0.39, 0.29) is 11.8 Å². The number of carboxylic acid groups (broad SMARTS) is 1. The first-order chi connectivity index (χ1) is 9.99. The Hall–Kier alpha value is -1.24. The maximum absolute atomic E-state index is 10.8. The summed E-state index contributed by atoms with van der Waals surface area (Å²) in [4.78, 5) is 13.0. The summed E-state index contributed by atoms with van der Waals surface area (Å²) in [5, 5.41) is 18.1. The summed E-state index contributed by atoms with van der Waals surface area (Å²) in [6.07, 6.45) is 3.60. The number of hydrogen-bond acceptors (Lipinski definition) is 5. The van der Waals surface area contributed by atoms with Crippen molar-refractivity contribution in [1.29, 1.82) is 0 Å². The summed E-state index contributed by atoms with van der Waals surface area (Å²) >= 11 is 1.24. The first-order valence-corrected chi connectivity index (χ1v) is 8.52. The maximum Gasteiger partial charge on any atom is 0.313 e. The van der Waals surface area contributed by atoms with Crippen LogP contribution < -0.4 is 4.90 Å². The number of nitrogens with zero attached hydrogens (tertiary/aromatic N) is 4. The Bertz CT molecular complexity index is 489. The molecule has 1 atom stereocenters. The van der Waals surface area contributed by atoms with Gasteiger partial charge < -0.3 is 10.0 Å². The highest BCUT2D eigenvalue weighted by atomic mass is 32.2. The Morgan fingerprint density at radius 3 is 2.81 bits per heavy atom. The average molecular weight is 312 g/mol. The molecule has 1 aliphatic rings. The van der Waals surface area contributed by atoms with Crippen LogP contribution in [0.15, 0.2) is 5.16 Å². The number of carboxylic acids is 1. The van der Waals surface area contributed by atoms with Crippen LogP contribution in [-0.4, -0.2) is 44.7 Å². The lowest BCUT2D eigenvalue weighted by molar-refractivity contribution is -0.133. The Morgan fingerprint density at radius 2 is 2.14 bits per heavy atom. The lowest BCUT2D eigenvalue weighted by atomic mass is 10.0. The zero-order valence-corrected chi connectivity index (χ0v) is 13.8. The van der Waals surface area contributed by atoms with Crippen molar-refractivity contribution in [3.05, 3.63) is 0 Å². The van der Waals surface area contributed by atoms with Crippen molar-refractivity contribution >= 4 is 23.7 Å². The number of aliphatic carboxylic acids is 1. The van der Waals surface area contributed by atoms with Crippen molar-refractivity contribution in [2.45, 2.75) is 51.2 Å². The molecule has 0 aromatic carbocycles. The fourth-order valence-corrected chi connectivity index (χ4v) is 3.41. The van der Waals surface area contributed by atoms with E-state index >= 15 is 0 Å². The third-order valence-electron chi connectivity index (χ3n) is 3.79. The zero-order chi connectivity index (χ0) is 15.4. The zero-order valence-electron chi connectivity index (χ0n) is 12.9. The molecule has 0 spiro atoms. The second-order valence-electron chi connectivity index (χ2n) is 5.95. The minimum Gasteiger partial charge on any atom is -0.481 e. The predicted octanol–water partition coefficient (Wildman–Crippen LogP) is 2.66. The standard InChI is InChI=1S/C14H24N4O2S/c1-10(2)18-13(15-16-14(18)21-9-12(19)20)17-7-4-5-11(3)6-8-17/h10-11H,4-9H2,1-3H3,(H,19,20). The SMILES string of the molecule is CC1CCCN(c2nnc(SCC(=O)O)n2C(C)C)CC1. The van der Waals surface area contributed by atoms with Crippen LogP contribution in [-0.2, 0) is 4.79 Å². The fourth-order valence-electron chi connectivity index (χ4n) is 2.62. The predicted molar refractivity (Wildman–Crippen MR) is 84.0 cm³/mol. The quantitative estimate of drug-likeness (QED) is 0.843. The summed E-state index contributed by atoms with van der Waals surface area (Å²) in [5.74, 6) is 0.823. The summed E-state index contributed by atoms with van der Waals surface area (Å²) in [7, 11) is 0. The van der Waals surface area contributed by atoms with Crippen LogP contribution in [0.2, 0.25) is 0 Å². The molecule has 1 aliphatic heterocycles. The summed E-state index contributed by atoms with van der Waals surface area (Å²) in [6.45, 7) is 8.45. The van der Waals surface area contributed by atoms with Crippen molar-refractivity contribution in [2.24, 2.45) is 5.92 Å².